The highest BCUT2D eigenvalue weighted by atomic mass is 16.5. The molecular formula is C33H21N3O4. The predicted octanol–water partition coefficient (Wildman–Crippen LogP) is 6.08. The summed E-state index contributed by atoms with van der Waals surface area (Å²) in [6, 6.07) is 23.1. The molecule has 1 atom stereocenters. The van der Waals surface area contributed by atoms with E-state index in [1.165, 1.54) is 4.90 Å². The van der Waals surface area contributed by atoms with Gasteiger partial charge < -0.3 is 13.9 Å². The summed E-state index contributed by atoms with van der Waals surface area (Å²) in [5.41, 5.74) is 5.88. The fraction of sp³-hybridized carbons (Fsp3) is 0.121. The number of aromatic nitrogens is 2. The van der Waals surface area contributed by atoms with Gasteiger partial charge in [0.15, 0.2) is 5.78 Å². The Morgan fingerprint density at radius 2 is 1.40 bits per heavy atom. The summed E-state index contributed by atoms with van der Waals surface area (Å²) in [4.78, 5) is 43.3. The number of nitrogens with zero attached hydrogens (tertiary/aromatic N) is 3. The third-order valence-corrected chi connectivity index (χ3v) is 8.78. The van der Waals surface area contributed by atoms with E-state index in [1.54, 1.807) is 7.11 Å². The number of Topliss-reactive ketones (excluding diaryl/α,β-unsaturated/α-hetero) is 1. The van der Waals surface area contributed by atoms with Crippen molar-refractivity contribution in [3.8, 4) is 5.75 Å². The largest absolute Gasteiger partial charge is 0.497 e. The number of para-hydroxylation sites is 2. The number of ether oxygens (including phenoxy) is 1. The van der Waals surface area contributed by atoms with Gasteiger partial charge in [-0.2, -0.15) is 0 Å². The minimum Gasteiger partial charge on any atom is -0.497 e. The molecule has 0 spiro atoms. The average Bonchev–Trinajstić information content (AvgIpc) is 3.65. The number of amides is 2. The fourth-order valence-electron chi connectivity index (χ4n) is 7.15. The van der Waals surface area contributed by atoms with Gasteiger partial charge in [0, 0.05) is 33.5 Å². The zero-order valence-electron chi connectivity index (χ0n) is 21.5. The molecule has 6 aromatic rings. The molecule has 0 fully saturated rings. The van der Waals surface area contributed by atoms with E-state index < -0.39 is 0 Å². The molecule has 2 bridgehead atoms. The van der Waals surface area contributed by atoms with Crippen molar-refractivity contribution in [2.45, 2.75) is 19.0 Å². The summed E-state index contributed by atoms with van der Waals surface area (Å²) >= 11 is 0. The van der Waals surface area contributed by atoms with Crippen molar-refractivity contribution in [1.82, 2.24) is 14.0 Å². The van der Waals surface area contributed by atoms with Crippen LogP contribution in [0.1, 0.15) is 38.7 Å². The Morgan fingerprint density at radius 3 is 2.10 bits per heavy atom. The lowest BCUT2D eigenvalue weighted by atomic mass is 9.96. The number of ketones is 1. The van der Waals surface area contributed by atoms with Gasteiger partial charge in [0.2, 0.25) is 0 Å². The molecule has 1 unspecified atom stereocenters. The number of benzene rings is 4. The van der Waals surface area contributed by atoms with Crippen molar-refractivity contribution in [2.24, 2.45) is 0 Å². The first-order chi connectivity index (χ1) is 19.6. The van der Waals surface area contributed by atoms with Crippen LogP contribution in [0.25, 0.3) is 49.3 Å². The van der Waals surface area contributed by atoms with Crippen molar-refractivity contribution in [3.63, 3.8) is 0 Å². The third kappa shape index (κ3) is 2.44. The van der Waals surface area contributed by atoms with Crippen molar-refractivity contribution in [1.29, 1.82) is 0 Å². The number of methoxy groups -OCH3 is 1. The lowest BCUT2D eigenvalue weighted by Crippen LogP contribution is -2.29. The van der Waals surface area contributed by atoms with E-state index in [0.29, 0.717) is 29.0 Å². The van der Waals surface area contributed by atoms with Gasteiger partial charge in [-0.3, -0.25) is 19.3 Å². The third-order valence-electron chi connectivity index (χ3n) is 8.78. The zero-order chi connectivity index (χ0) is 26.9. The van der Waals surface area contributed by atoms with Gasteiger partial charge in [0.05, 0.1) is 53.1 Å². The van der Waals surface area contributed by atoms with Crippen molar-refractivity contribution >= 4 is 66.9 Å². The molecule has 0 saturated heterocycles. The molecule has 4 heterocycles. The van der Waals surface area contributed by atoms with Gasteiger partial charge in [-0.15, -0.1) is 0 Å². The minimum atomic E-state index is -0.313. The first-order valence-corrected chi connectivity index (χ1v) is 13.3. The van der Waals surface area contributed by atoms with E-state index in [2.05, 4.69) is 4.57 Å². The van der Waals surface area contributed by atoms with E-state index >= 15 is 0 Å². The quantitative estimate of drug-likeness (QED) is 0.264. The molecule has 3 aliphatic rings. The Bertz CT molecular complexity index is 2210. The van der Waals surface area contributed by atoms with Crippen LogP contribution >= 0.6 is 0 Å². The van der Waals surface area contributed by atoms with Crippen LogP contribution in [0.5, 0.6) is 5.75 Å². The highest BCUT2D eigenvalue weighted by molar-refractivity contribution is 6.41. The smallest absolute Gasteiger partial charge is 0.262 e. The number of imide groups is 1. The summed E-state index contributed by atoms with van der Waals surface area (Å²) in [6.45, 7) is 0.156. The fourth-order valence-corrected chi connectivity index (χ4v) is 7.15. The zero-order valence-corrected chi connectivity index (χ0v) is 21.5. The highest BCUT2D eigenvalue weighted by Crippen LogP contribution is 2.51. The maximum absolute atomic E-state index is 14.3. The maximum atomic E-state index is 14.3. The Kier molecular flexibility index (Phi) is 3.95. The second-order valence-electron chi connectivity index (χ2n) is 10.7. The molecule has 2 aliphatic heterocycles. The molecule has 0 radical (unpaired) electrons. The number of hydrogen-bond donors (Lipinski definition) is 0. The monoisotopic (exact) mass is 523 g/mol. The second kappa shape index (κ2) is 7.27. The van der Waals surface area contributed by atoms with Crippen LogP contribution < -0.4 is 4.74 Å². The maximum Gasteiger partial charge on any atom is 0.262 e. The molecule has 4 aromatic carbocycles. The summed E-state index contributed by atoms with van der Waals surface area (Å²) in [6.07, 6.45) is 2.41. The van der Waals surface area contributed by atoms with Crippen molar-refractivity contribution in [2.75, 3.05) is 7.11 Å². The molecule has 40 heavy (non-hydrogen) atoms. The van der Waals surface area contributed by atoms with Crippen molar-refractivity contribution < 1.29 is 19.1 Å². The Balaban J connectivity index is 1.44. The van der Waals surface area contributed by atoms with E-state index in [4.69, 9.17) is 4.74 Å². The van der Waals surface area contributed by atoms with Crippen LogP contribution in [0.3, 0.4) is 0 Å². The molecule has 9 rings (SSSR count). The summed E-state index contributed by atoms with van der Waals surface area (Å²) in [5, 5.41) is 3.29. The van der Waals surface area contributed by atoms with Crippen LogP contribution in [0.2, 0.25) is 0 Å². The Labute approximate surface area is 227 Å². The van der Waals surface area contributed by atoms with Crippen LogP contribution in [0, 0.1) is 0 Å². The van der Waals surface area contributed by atoms with Gasteiger partial charge in [-0.25, -0.2) is 0 Å². The molecule has 0 saturated carbocycles. The van der Waals surface area contributed by atoms with Crippen LogP contribution in [-0.2, 0) is 11.3 Å². The number of allylic oxidation sites excluding steroid dienone is 2. The number of rotatable bonds is 3. The van der Waals surface area contributed by atoms with Gasteiger partial charge >= 0.3 is 0 Å². The summed E-state index contributed by atoms with van der Waals surface area (Å²) in [7, 11) is 1.60. The molecule has 7 heteroatoms. The minimum absolute atomic E-state index is 0.0771. The standard InChI is InChI=1S/C33H21N3O4/c1-40-19-12-10-17(11-13-19)16-34-32(38)28-26-20-6-2-4-8-22(20)35-18-14-24(25(37)15-18)36-23-9-5-3-7-21(23)27(29(28)33(34)39)31(36)30(26)35/h2-14,18H,15-16H2,1H3. The number of carbonyl (C=O) groups is 3. The lowest BCUT2D eigenvalue weighted by molar-refractivity contribution is -0.113. The van der Waals surface area contributed by atoms with Crippen molar-refractivity contribution in [3.05, 3.63) is 95.6 Å². The predicted molar refractivity (Wildman–Crippen MR) is 153 cm³/mol. The molecule has 2 amide bonds. The van der Waals surface area contributed by atoms with Crippen LogP contribution in [-0.4, -0.2) is 38.7 Å². The topological polar surface area (TPSA) is 73.5 Å². The summed E-state index contributed by atoms with van der Waals surface area (Å²) < 4.78 is 9.52. The van der Waals surface area contributed by atoms with E-state index in [-0.39, 0.29) is 30.2 Å². The van der Waals surface area contributed by atoms with Gasteiger partial charge in [0.1, 0.15) is 5.75 Å². The van der Waals surface area contributed by atoms with Gasteiger partial charge in [0.25, 0.3) is 11.8 Å². The first kappa shape index (κ1) is 21.7. The lowest BCUT2D eigenvalue weighted by Gasteiger charge is -2.16. The number of hydrogen-bond acceptors (Lipinski definition) is 4. The average molecular weight is 524 g/mol. The van der Waals surface area contributed by atoms with E-state index in [0.717, 1.165) is 49.2 Å². The number of fused-ring (bicyclic) bond motifs is 12. The molecule has 2 aromatic heterocycles. The van der Waals surface area contributed by atoms with E-state index in [1.807, 2.05) is 83.4 Å². The van der Waals surface area contributed by atoms with Gasteiger partial charge in [-0.05, 0) is 35.9 Å². The normalized spacial score (nSPS) is 17.6. The Hall–Kier alpha value is -5.17. The van der Waals surface area contributed by atoms with Gasteiger partial charge in [-0.1, -0.05) is 48.5 Å². The molecule has 0 N–H and O–H groups in total. The Morgan fingerprint density at radius 1 is 0.775 bits per heavy atom. The highest BCUT2D eigenvalue weighted by Gasteiger charge is 2.44. The van der Waals surface area contributed by atoms with Crippen LogP contribution in [0.15, 0.2) is 78.9 Å². The SMILES string of the molecule is COc1ccc(CN2C(=O)c3c(c4c5ccccc5n5c4c4c3c3ccccc3n4C3=CC5CC3=O)C2=O)cc1. The molecular weight excluding hydrogens is 502 g/mol. The number of carbonyl (C=O) groups excluding carboxylic acids is 3. The second-order valence-corrected chi connectivity index (χ2v) is 10.7. The molecule has 7 nitrogen and oxygen atoms in total. The van der Waals surface area contributed by atoms with E-state index in [9.17, 15) is 14.4 Å². The summed E-state index contributed by atoms with van der Waals surface area (Å²) in [5.74, 6) is 0.183. The van der Waals surface area contributed by atoms with Crippen LogP contribution in [0.4, 0.5) is 0 Å². The first-order valence-electron chi connectivity index (χ1n) is 13.3. The molecule has 192 valence electrons. The molecule has 1 aliphatic carbocycles.